The summed E-state index contributed by atoms with van der Waals surface area (Å²) in [6.45, 7) is 6.96. The highest BCUT2D eigenvalue weighted by Gasteiger charge is 2.28. The second-order valence-electron chi connectivity index (χ2n) is 8.53. The third-order valence-electron chi connectivity index (χ3n) is 5.74. The lowest BCUT2D eigenvalue weighted by atomic mass is 10.0. The van der Waals surface area contributed by atoms with Crippen LogP contribution in [0.4, 0.5) is 0 Å². The zero-order valence-electron chi connectivity index (χ0n) is 18.7. The maximum Gasteiger partial charge on any atom is 0.222 e. The highest BCUT2D eigenvalue weighted by molar-refractivity contribution is 5.76. The number of nitrogens with zero attached hydrogens (tertiary/aromatic N) is 6. The summed E-state index contributed by atoms with van der Waals surface area (Å²) in [6.07, 6.45) is 6.47. The number of carbonyl (C=O) groups excluding carboxylic acids is 1. The van der Waals surface area contributed by atoms with Crippen LogP contribution in [0.15, 0.2) is 30.7 Å². The van der Waals surface area contributed by atoms with E-state index in [1.165, 1.54) is 5.56 Å². The number of aromatic nitrogens is 4. The Kier molecular flexibility index (Phi) is 8.51. The summed E-state index contributed by atoms with van der Waals surface area (Å²) in [7, 11) is 2.06. The van der Waals surface area contributed by atoms with Crippen LogP contribution in [0.25, 0.3) is 0 Å². The molecule has 3 heterocycles. The summed E-state index contributed by atoms with van der Waals surface area (Å²) in [5, 5.41) is 18.1. The molecular weight excluding hydrogens is 396 g/mol. The van der Waals surface area contributed by atoms with E-state index in [1.807, 2.05) is 25.3 Å². The van der Waals surface area contributed by atoms with Gasteiger partial charge in [0, 0.05) is 50.9 Å². The fraction of sp³-hybridized carbons (Fsp3) is 0.636. The molecule has 9 heteroatoms. The van der Waals surface area contributed by atoms with Crippen LogP contribution >= 0.6 is 0 Å². The number of fused-ring (bicyclic) bond motifs is 2. The Morgan fingerprint density at radius 1 is 1.35 bits per heavy atom. The molecule has 0 aliphatic carbocycles. The first-order chi connectivity index (χ1) is 15.0. The second-order valence-corrected chi connectivity index (χ2v) is 8.53. The Morgan fingerprint density at radius 3 is 2.87 bits per heavy atom. The normalized spacial score (nSPS) is 22.0. The Balaban J connectivity index is 1.76. The standard InChI is InChI=1S/C22H34N6O3/c1-17-11-28(18(2)15-29)22(30)5-4-10-27-13-20(24-25-27)16-31-21(17)14-26(3)12-19-6-8-23-9-7-19/h6-9,13,17-18,21,29H,4-5,10-12,14-16H2,1-3H3/t17-,18+,21-/m1/s1. The summed E-state index contributed by atoms with van der Waals surface area (Å²) in [6, 6.07) is 3.78. The zero-order chi connectivity index (χ0) is 22.2. The largest absolute Gasteiger partial charge is 0.394 e. The van der Waals surface area contributed by atoms with Gasteiger partial charge >= 0.3 is 0 Å². The number of aliphatic hydroxyl groups excluding tert-OH is 1. The SMILES string of the molecule is C[C@@H]1CN([C@@H](C)CO)C(=O)CCCn2cc(nn2)CO[C@@H]1CN(C)Cc1ccncc1. The number of amides is 1. The van der Waals surface area contributed by atoms with Crippen molar-refractivity contribution in [1.82, 2.24) is 29.8 Å². The van der Waals surface area contributed by atoms with Crippen molar-refractivity contribution in [3.05, 3.63) is 42.0 Å². The zero-order valence-corrected chi connectivity index (χ0v) is 18.7. The quantitative estimate of drug-likeness (QED) is 0.738. The fourth-order valence-electron chi connectivity index (χ4n) is 3.86. The van der Waals surface area contributed by atoms with E-state index in [1.54, 1.807) is 22.0 Å². The van der Waals surface area contributed by atoms with Gasteiger partial charge in [0.25, 0.3) is 0 Å². The van der Waals surface area contributed by atoms with Crippen molar-refractivity contribution in [2.45, 2.75) is 58.5 Å². The molecule has 2 aromatic heterocycles. The molecule has 2 aromatic rings. The Bertz CT molecular complexity index is 815. The van der Waals surface area contributed by atoms with Gasteiger partial charge in [-0.1, -0.05) is 12.1 Å². The number of likely N-dealkylation sites (N-methyl/N-ethyl adjacent to an activating group) is 1. The maximum absolute atomic E-state index is 12.9. The van der Waals surface area contributed by atoms with Crippen LogP contribution in [0.3, 0.4) is 0 Å². The average molecular weight is 431 g/mol. The molecule has 0 saturated heterocycles. The number of pyridine rings is 1. The summed E-state index contributed by atoms with van der Waals surface area (Å²) >= 11 is 0. The van der Waals surface area contributed by atoms with E-state index >= 15 is 0 Å². The van der Waals surface area contributed by atoms with E-state index in [2.05, 4.69) is 34.2 Å². The van der Waals surface area contributed by atoms with E-state index in [9.17, 15) is 9.90 Å². The van der Waals surface area contributed by atoms with Crippen molar-refractivity contribution >= 4 is 5.91 Å². The highest BCUT2D eigenvalue weighted by atomic mass is 16.5. The molecule has 0 aromatic carbocycles. The first-order valence-corrected chi connectivity index (χ1v) is 10.9. The van der Waals surface area contributed by atoms with Gasteiger partial charge in [-0.2, -0.15) is 0 Å². The monoisotopic (exact) mass is 430 g/mol. The van der Waals surface area contributed by atoms with Crippen LogP contribution in [0, 0.1) is 5.92 Å². The number of hydrogen-bond acceptors (Lipinski definition) is 7. The highest BCUT2D eigenvalue weighted by Crippen LogP contribution is 2.18. The van der Waals surface area contributed by atoms with Crippen molar-refractivity contribution in [2.24, 2.45) is 5.92 Å². The topological polar surface area (TPSA) is 96.6 Å². The van der Waals surface area contributed by atoms with Gasteiger partial charge < -0.3 is 14.7 Å². The van der Waals surface area contributed by atoms with Gasteiger partial charge in [0.1, 0.15) is 5.69 Å². The molecule has 1 aliphatic rings. The number of aliphatic hydroxyl groups is 1. The first-order valence-electron chi connectivity index (χ1n) is 10.9. The molecule has 0 radical (unpaired) electrons. The molecule has 0 spiro atoms. The van der Waals surface area contributed by atoms with Crippen molar-refractivity contribution < 1.29 is 14.6 Å². The van der Waals surface area contributed by atoms with Gasteiger partial charge in [-0.15, -0.1) is 5.10 Å². The first kappa shape index (κ1) is 23.3. The Labute approximate surface area is 184 Å². The molecule has 3 rings (SSSR count). The summed E-state index contributed by atoms with van der Waals surface area (Å²) in [5.74, 6) is 0.130. The molecule has 1 N–H and O–H groups in total. The Hall–Kier alpha value is -2.36. The third-order valence-corrected chi connectivity index (χ3v) is 5.74. The molecule has 0 saturated carbocycles. The van der Waals surface area contributed by atoms with E-state index in [0.717, 1.165) is 12.2 Å². The summed E-state index contributed by atoms with van der Waals surface area (Å²) < 4.78 is 8.06. The molecule has 31 heavy (non-hydrogen) atoms. The molecule has 1 aliphatic heterocycles. The number of rotatable bonds is 6. The number of aryl methyl sites for hydroxylation is 1. The Morgan fingerprint density at radius 2 is 2.13 bits per heavy atom. The fourth-order valence-corrected chi connectivity index (χ4v) is 3.86. The van der Waals surface area contributed by atoms with Gasteiger partial charge in [0.15, 0.2) is 0 Å². The van der Waals surface area contributed by atoms with E-state index in [0.29, 0.717) is 39.1 Å². The van der Waals surface area contributed by atoms with Crippen LogP contribution in [0.1, 0.15) is 37.9 Å². The smallest absolute Gasteiger partial charge is 0.222 e. The van der Waals surface area contributed by atoms with Crippen LogP contribution in [-0.4, -0.2) is 79.7 Å². The van der Waals surface area contributed by atoms with Crippen LogP contribution < -0.4 is 0 Å². The number of carbonyl (C=O) groups is 1. The lowest BCUT2D eigenvalue weighted by Crippen LogP contribution is -2.47. The van der Waals surface area contributed by atoms with E-state index < -0.39 is 0 Å². The van der Waals surface area contributed by atoms with Crippen LogP contribution in [0.5, 0.6) is 0 Å². The molecule has 2 bridgehead atoms. The lowest BCUT2D eigenvalue weighted by Gasteiger charge is -2.35. The predicted octanol–water partition coefficient (Wildman–Crippen LogP) is 1.33. The third kappa shape index (κ3) is 6.81. The summed E-state index contributed by atoms with van der Waals surface area (Å²) in [4.78, 5) is 21.0. The van der Waals surface area contributed by atoms with Gasteiger partial charge in [-0.05, 0) is 38.1 Å². The molecule has 170 valence electrons. The van der Waals surface area contributed by atoms with Crippen molar-refractivity contribution in [3.63, 3.8) is 0 Å². The minimum Gasteiger partial charge on any atom is -0.394 e. The lowest BCUT2D eigenvalue weighted by molar-refractivity contribution is -0.136. The van der Waals surface area contributed by atoms with E-state index in [4.69, 9.17) is 4.74 Å². The maximum atomic E-state index is 12.9. The van der Waals surface area contributed by atoms with Gasteiger partial charge in [0.05, 0.1) is 31.6 Å². The minimum absolute atomic E-state index is 0.0527. The van der Waals surface area contributed by atoms with Gasteiger partial charge in [0.2, 0.25) is 5.91 Å². The molecule has 9 nitrogen and oxygen atoms in total. The van der Waals surface area contributed by atoms with Crippen LogP contribution in [-0.2, 0) is 29.2 Å². The minimum atomic E-state index is -0.229. The number of hydrogen-bond donors (Lipinski definition) is 1. The van der Waals surface area contributed by atoms with Crippen molar-refractivity contribution in [2.75, 3.05) is 26.7 Å². The molecule has 0 unspecified atom stereocenters. The average Bonchev–Trinajstić information content (AvgIpc) is 3.22. The van der Waals surface area contributed by atoms with Crippen molar-refractivity contribution in [1.29, 1.82) is 0 Å². The second kappa shape index (κ2) is 11.3. The van der Waals surface area contributed by atoms with Crippen LogP contribution in [0.2, 0.25) is 0 Å². The van der Waals surface area contributed by atoms with E-state index in [-0.39, 0.29) is 30.6 Å². The van der Waals surface area contributed by atoms with Crippen molar-refractivity contribution in [3.8, 4) is 0 Å². The molecule has 0 fully saturated rings. The van der Waals surface area contributed by atoms with Gasteiger partial charge in [-0.3, -0.25) is 19.4 Å². The molecule has 3 atom stereocenters. The summed E-state index contributed by atoms with van der Waals surface area (Å²) in [5.41, 5.74) is 1.98. The number of ether oxygens (including phenoxy) is 1. The predicted molar refractivity (Wildman–Crippen MR) is 116 cm³/mol. The molecular formula is C22H34N6O3. The van der Waals surface area contributed by atoms with Gasteiger partial charge in [-0.25, -0.2) is 0 Å². The molecule has 1 amide bonds.